The van der Waals surface area contributed by atoms with Crippen LogP contribution in [0.25, 0.3) is 33.1 Å². The van der Waals surface area contributed by atoms with E-state index in [4.69, 9.17) is 0 Å². The number of benzene rings is 2. The second kappa shape index (κ2) is 6.91. The molecule has 142 valence electrons. The highest BCUT2D eigenvalue weighted by molar-refractivity contribution is 5.97. The van der Waals surface area contributed by atoms with Crippen molar-refractivity contribution in [3.8, 4) is 11.1 Å². The van der Waals surface area contributed by atoms with Gasteiger partial charge in [-0.1, -0.05) is 18.2 Å². The average molecular weight is 381 g/mol. The Balaban J connectivity index is 1.61. The number of aromatic nitrogens is 4. The van der Waals surface area contributed by atoms with E-state index in [1.54, 1.807) is 18.6 Å². The van der Waals surface area contributed by atoms with Crippen LogP contribution in [0.2, 0.25) is 0 Å². The topological polar surface area (TPSA) is 75.6 Å². The van der Waals surface area contributed by atoms with Crippen LogP contribution in [0.1, 0.15) is 5.56 Å². The molecule has 3 aromatic heterocycles. The number of fused-ring (bicyclic) bond motifs is 2. The highest BCUT2D eigenvalue weighted by atomic mass is 16.1. The van der Waals surface area contributed by atoms with E-state index < -0.39 is 0 Å². The van der Waals surface area contributed by atoms with Crippen LogP contribution in [0.3, 0.4) is 0 Å². The first kappa shape index (κ1) is 17.2. The van der Waals surface area contributed by atoms with Gasteiger partial charge in [0, 0.05) is 60.7 Å². The first-order valence-electron chi connectivity index (χ1n) is 9.40. The molecule has 0 radical (unpaired) electrons. The molecule has 0 aliphatic rings. The Morgan fingerprint density at radius 3 is 2.86 bits per heavy atom. The number of aryl methyl sites for hydroxylation is 1. The third kappa shape index (κ3) is 3.14. The zero-order chi connectivity index (χ0) is 19.8. The van der Waals surface area contributed by atoms with Crippen molar-refractivity contribution >= 4 is 27.6 Å². The zero-order valence-corrected chi connectivity index (χ0v) is 15.9. The molecule has 2 N–H and O–H groups in total. The van der Waals surface area contributed by atoms with Gasteiger partial charge in [-0.05, 0) is 41.3 Å². The quantitative estimate of drug-likeness (QED) is 0.492. The molecule has 6 nitrogen and oxygen atoms in total. The normalized spacial score (nSPS) is 11.2. The minimum Gasteiger partial charge on any atom is -0.381 e. The van der Waals surface area contributed by atoms with Gasteiger partial charge in [-0.15, -0.1) is 0 Å². The molecule has 0 spiro atoms. The van der Waals surface area contributed by atoms with E-state index in [0.29, 0.717) is 12.1 Å². The van der Waals surface area contributed by atoms with E-state index in [1.165, 1.54) is 5.39 Å². The summed E-state index contributed by atoms with van der Waals surface area (Å²) in [6.45, 7) is 0.429. The highest BCUT2D eigenvalue weighted by Crippen LogP contribution is 2.32. The number of pyridine rings is 1. The molecule has 0 aliphatic carbocycles. The maximum absolute atomic E-state index is 12.0. The van der Waals surface area contributed by atoms with Crippen LogP contribution < -0.4 is 10.9 Å². The summed E-state index contributed by atoms with van der Waals surface area (Å²) in [4.78, 5) is 23.7. The Labute approximate surface area is 166 Å². The summed E-state index contributed by atoms with van der Waals surface area (Å²) in [5.41, 5.74) is 6.38. The van der Waals surface area contributed by atoms with Gasteiger partial charge in [0.1, 0.15) is 0 Å². The summed E-state index contributed by atoms with van der Waals surface area (Å²) in [6, 6.07) is 16.2. The minimum atomic E-state index is -0.0880. The van der Waals surface area contributed by atoms with Gasteiger partial charge < -0.3 is 14.9 Å². The highest BCUT2D eigenvalue weighted by Gasteiger charge is 2.11. The van der Waals surface area contributed by atoms with Gasteiger partial charge in [-0.2, -0.15) is 0 Å². The lowest BCUT2D eigenvalue weighted by Gasteiger charge is -2.12. The SMILES string of the molecule is Cn1ccc2ccc(-c3cc(NCc4ccc[nH]c4=O)cc4nccnc34)cc21. The van der Waals surface area contributed by atoms with Gasteiger partial charge in [0.15, 0.2) is 0 Å². The van der Waals surface area contributed by atoms with Crippen molar-refractivity contribution in [2.24, 2.45) is 7.05 Å². The Morgan fingerprint density at radius 2 is 1.97 bits per heavy atom. The number of hydrogen-bond donors (Lipinski definition) is 2. The number of nitrogens with one attached hydrogen (secondary N) is 2. The molecule has 5 rings (SSSR count). The van der Waals surface area contributed by atoms with Crippen molar-refractivity contribution in [2.75, 3.05) is 5.32 Å². The molecular formula is C23H19N5O. The summed E-state index contributed by atoms with van der Waals surface area (Å²) >= 11 is 0. The number of H-pyrrole nitrogens is 1. The first-order valence-corrected chi connectivity index (χ1v) is 9.40. The summed E-state index contributed by atoms with van der Waals surface area (Å²) in [5.74, 6) is 0. The maximum atomic E-state index is 12.0. The van der Waals surface area contributed by atoms with Gasteiger partial charge in [0.05, 0.1) is 11.0 Å². The van der Waals surface area contributed by atoms with Gasteiger partial charge in [-0.3, -0.25) is 14.8 Å². The number of hydrogen-bond acceptors (Lipinski definition) is 4. The predicted octanol–water partition coefficient (Wildman–Crippen LogP) is 4.09. The van der Waals surface area contributed by atoms with Crippen LogP contribution in [-0.4, -0.2) is 19.5 Å². The van der Waals surface area contributed by atoms with Gasteiger partial charge in [0.2, 0.25) is 0 Å². The standard InChI is InChI=1S/C23H19N5O/c1-28-10-6-15-4-5-16(11-21(15)28)19-12-18(13-20-22(19)25-9-8-24-20)27-14-17-3-2-7-26-23(17)29/h2-13,27H,14H2,1H3,(H,26,29). The lowest BCUT2D eigenvalue weighted by Crippen LogP contribution is -2.14. The van der Waals surface area contributed by atoms with E-state index in [-0.39, 0.29) is 5.56 Å². The van der Waals surface area contributed by atoms with Crippen LogP contribution in [0.4, 0.5) is 5.69 Å². The maximum Gasteiger partial charge on any atom is 0.252 e. The molecular weight excluding hydrogens is 362 g/mol. The van der Waals surface area contributed by atoms with E-state index in [1.807, 2.05) is 25.2 Å². The molecule has 6 heteroatoms. The lowest BCUT2D eigenvalue weighted by molar-refractivity contribution is 0.969. The van der Waals surface area contributed by atoms with Crippen molar-refractivity contribution in [2.45, 2.75) is 6.54 Å². The van der Waals surface area contributed by atoms with Crippen LogP contribution in [0, 0.1) is 0 Å². The predicted molar refractivity (Wildman–Crippen MR) is 116 cm³/mol. The second-order valence-corrected chi connectivity index (χ2v) is 7.03. The first-order chi connectivity index (χ1) is 14.2. The van der Waals surface area contributed by atoms with Crippen molar-refractivity contribution in [1.29, 1.82) is 0 Å². The summed E-state index contributed by atoms with van der Waals surface area (Å²) < 4.78 is 2.11. The van der Waals surface area contributed by atoms with Crippen LogP contribution >= 0.6 is 0 Å². The van der Waals surface area contributed by atoms with Crippen molar-refractivity contribution < 1.29 is 0 Å². The Kier molecular flexibility index (Phi) is 4.09. The molecule has 0 fully saturated rings. The number of aromatic amines is 1. The fourth-order valence-electron chi connectivity index (χ4n) is 3.62. The Hall–Kier alpha value is -3.93. The van der Waals surface area contributed by atoms with Crippen LogP contribution in [0.5, 0.6) is 0 Å². The summed E-state index contributed by atoms with van der Waals surface area (Å²) in [5, 5.41) is 4.55. The minimum absolute atomic E-state index is 0.0880. The second-order valence-electron chi connectivity index (χ2n) is 7.03. The molecule has 0 bridgehead atoms. The van der Waals surface area contributed by atoms with E-state index >= 15 is 0 Å². The summed E-state index contributed by atoms with van der Waals surface area (Å²) in [6.07, 6.45) is 7.10. The largest absolute Gasteiger partial charge is 0.381 e. The molecule has 0 amide bonds. The van der Waals surface area contributed by atoms with E-state index in [0.717, 1.165) is 33.4 Å². The molecule has 0 saturated heterocycles. The van der Waals surface area contributed by atoms with Crippen molar-refractivity contribution in [3.05, 3.63) is 89.2 Å². The molecule has 0 unspecified atom stereocenters. The summed E-state index contributed by atoms with van der Waals surface area (Å²) in [7, 11) is 2.04. The van der Waals surface area contributed by atoms with Crippen LogP contribution in [0.15, 0.2) is 78.1 Å². The van der Waals surface area contributed by atoms with Crippen molar-refractivity contribution in [3.63, 3.8) is 0 Å². The number of rotatable bonds is 4. The average Bonchev–Trinajstić information content (AvgIpc) is 3.13. The molecule has 5 aromatic rings. The lowest BCUT2D eigenvalue weighted by atomic mass is 10.0. The molecule has 0 saturated carbocycles. The molecule has 29 heavy (non-hydrogen) atoms. The molecule has 0 atom stereocenters. The number of nitrogens with zero attached hydrogens (tertiary/aromatic N) is 3. The smallest absolute Gasteiger partial charge is 0.252 e. The van der Waals surface area contributed by atoms with Gasteiger partial charge >= 0.3 is 0 Å². The fourth-order valence-corrected chi connectivity index (χ4v) is 3.62. The Morgan fingerprint density at radius 1 is 1.07 bits per heavy atom. The third-order valence-corrected chi connectivity index (χ3v) is 5.16. The molecule has 2 aromatic carbocycles. The third-order valence-electron chi connectivity index (χ3n) is 5.16. The zero-order valence-electron chi connectivity index (χ0n) is 15.9. The van der Waals surface area contributed by atoms with E-state index in [2.05, 4.69) is 61.4 Å². The fraction of sp³-hybridized carbons (Fsp3) is 0.0870. The number of anilines is 1. The van der Waals surface area contributed by atoms with Crippen LogP contribution in [-0.2, 0) is 13.6 Å². The monoisotopic (exact) mass is 381 g/mol. The molecule has 0 aliphatic heterocycles. The van der Waals surface area contributed by atoms with Gasteiger partial charge in [0.25, 0.3) is 5.56 Å². The van der Waals surface area contributed by atoms with Crippen molar-refractivity contribution in [1.82, 2.24) is 19.5 Å². The molecule has 3 heterocycles. The van der Waals surface area contributed by atoms with E-state index in [9.17, 15) is 4.79 Å². The Bertz CT molecular complexity index is 1400. The van der Waals surface area contributed by atoms with Gasteiger partial charge in [-0.25, -0.2) is 0 Å².